The molecule has 0 fully saturated rings. The third kappa shape index (κ3) is 4.38. The van der Waals surface area contributed by atoms with E-state index < -0.39 is 16.1 Å². The van der Waals surface area contributed by atoms with Crippen molar-refractivity contribution in [2.24, 2.45) is 0 Å². The molecule has 0 spiro atoms. The predicted molar refractivity (Wildman–Crippen MR) is 89.7 cm³/mol. The van der Waals surface area contributed by atoms with E-state index in [4.69, 9.17) is 10.00 Å². The van der Waals surface area contributed by atoms with Crippen molar-refractivity contribution >= 4 is 10.0 Å². The van der Waals surface area contributed by atoms with Crippen LogP contribution in [-0.4, -0.2) is 27.1 Å². The minimum atomic E-state index is -3.79. The van der Waals surface area contributed by atoms with Crippen LogP contribution in [0, 0.1) is 18.3 Å². The van der Waals surface area contributed by atoms with Crippen LogP contribution in [0.3, 0.4) is 0 Å². The topological polar surface area (TPSA) is 92.1 Å². The Morgan fingerprint density at radius 3 is 2.79 bits per heavy atom. The van der Waals surface area contributed by atoms with Gasteiger partial charge in [0.15, 0.2) is 0 Å². The zero-order valence-corrected chi connectivity index (χ0v) is 14.4. The van der Waals surface area contributed by atoms with Crippen molar-refractivity contribution in [1.29, 1.82) is 5.26 Å². The minimum Gasteiger partial charge on any atom is -0.385 e. The van der Waals surface area contributed by atoms with Crippen molar-refractivity contribution in [2.75, 3.05) is 13.7 Å². The first kappa shape index (κ1) is 18.1. The summed E-state index contributed by atoms with van der Waals surface area (Å²) in [5, 5.41) is 9.00. The Hall–Kier alpha value is -2.27. The van der Waals surface area contributed by atoms with Crippen LogP contribution in [0.25, 0.3) is 0 Å². The lowest BCUT2D eigenvalue weighted by Crippen LogP contribution is -2.30. The summed E-state index contributed by atoms with van der Waals surface area (Å²) in [5.74, 6) is 0. The quantitative estimate of drug-likeness (QED) is 0.831. The Kier molecular flexibility index (Phi) is 6.04. The summed E-state index contributed by atoms with van der Waals surface area (Å²) in [6, 6.07) is 9.67. The third-order valence-electron chi connectivity index (χ3n) is 3.60. The number of aromatic nitrogens is 1. The number of ether oxygens (including phenoxy) is 1. The molecular weight excluding hydrogens is 326 g/mol. The van der Waals surface area contributed by atoms with Crippen molar-refractivity contribution in [1.82, 2.24) is 9.71 Å². The molecule has 1 N–H and O–H groups in total. The molecular formula is C17H19N3O3S. The van der Waals surface area contributed by atoms with Crippen molar-refractivity contribution in [3.05, 3.63) is 59.4 Å². The maximum atomic E-state index is 12.8. The number of benzene rings is 1. The SMILES string of the molecule is COCCC(NS(=O)(=O)c1cc(C#N)ccc1C)c1cccnc1. The molecule has 0 aliphatic heterocycles. The van der Waals surface area contributed by atoms with Gasteiger partial charge in [-0.1, -0.05) is 12.1 Å². The molecule has 0 bridgehead atoms. The van der Waals surface area contributed by atoms with E-state index >= 15 is 0 Å². The standard InChI is InChI=1S/C17H19N3O3S/c1-13-5-6-14(11-18)10-17(13)24(21,22)20-16(7-9-23-2)15-4-3-8-19-12-15/h3-6,8,10,12,16,20H,7,9H2,1-2H3. The van der Waals surface area contributed by atoms with E-state index in [1.165, 1.54) is 6.07 Å². The van der Waals surface area contributed by atoms with Crippen LogP contribution in [-0.2, 0) is 14.8 Å². The van der Waals surface area contributed by atoms with Gasteiger partial charge in [0.2, 0.25) is 10.0 Å². The first-order valence-corrected chi connectivity index (χ1v) is 8.88. The average Bonchev–Trinajstić information content (AvgIpc) is 2.59. The van der Waals surface area contributed by atoms with Crippen LogP contribution < -0.4 is 4.72 Å². The summed E-state index contributed by atoms with van der Waals surface area (Å²) >= 11 is 0. The molecule has 0 saturated carbocycles. The number of nitrogens with one attached hydrogen (secondary N) is 1. The van der Waals surface area contributed by atoms with Gasteiger partial charge in [0, 0.05) is 26.1 Å². The molecule has 1 heterocycles. The molecule has 1 aromatic carbocycles. The van der Waals surface area contributed by atoms with Crippen LogP contribution in [0.2, 0.25) is 0 Å². The van der Waals surface area contributed by atoms with Gasteiger partial charge in [-0.3, -0.25) is 4.98 Å². The maximum absolute atomic E-state index is 12.8. The smallest absolute Gasteiger partial charge is 0.241 e. The van der Waals surface area contributed by atoms with E-state index in [9.17, 15) is 8.42 Å². The molecule has 6 nitrogen and oxygen atoms in total. The van der Waals surface area contributed by atoms with Crippen LogP contribution in [0.15, 0.2) is 47.6 Å². The molecule has 0 aliphatic carbocycles. The lowest BCUT2D eigenvalue weighted by molar-refractivity contribution is 0.186. The summed E-state index contributed by atoms with van der Waals surface area (Å²) in [5.41, 5.74) is 1.64. The number of hydrogen-bond acceptors (Lipinski definition) is 5. The highest BCUT2D eigenvalue weighted by molar-refractivity contribution is 7.89. The fraction of sp³-hybridized carbons (Fsp3) is 0.294. The summed E-state index contributed by atoms with van der Waals surface area (Å²) in [7, 11) is -2.22. The summed E-state index contributed by atoms with van der Waals surface area (Å²) in [4.78, 5) is 4.15. The first-order valence-electron chi connectivity index (χ1n) is 7.40. The molecule has 7 heteroatoms. The second-order valence-corrected chi connectivity index (χ2v) is 7.02. The molecule has 0 radical (unpaired) electrons. The molecule has 2 aromatic rings. The Balaban J connectivity index is 2.35. The van der Waals surface area contributed by atoms with Gasteiger partial charge in [-0.25, -0.2) is 13.1 Å². The average molecular weight is 345 g/mol. The van der Waals surface area contributed by atoms with Crippen molar-refractivity contribution in [2.45, 2.75) is 24.3 Å². The Morgan fingerprint density at radius 1 is 1.38 bits per heavy atom. The van der Waals surface area contributed by atoms with E-state index in [0.717, 1.165) is 5.56 Å². The molecule has 0 aliphatic rings. The van der Waals surface area contributed by atoms with Gasteiger partial charge in [-0.2, -0.15) is 5.26 Å². The minimum absolute atomic E-state index is 0.104. The van der Waals surface area contributed by atoms with E-state index in [0.29, 0.717) is 24.2 Å². The second kappa shape index (κ2) is 8.02. The molecule has 1 aromatic heterocycles. The van der Waals surface area contributed by atoms with E-state index in [-0.39, 0.29) is 4.90 Å². The van der Waals surface area contributed by atoms with Crippen molar-refractivity contribution in [3.63, 3.8) is 0 Å². The van der Waals surface area contributed by atoms with Gasteiger partial charge in [-0.05, 0) is 42.7 Å². The number of pyridine rings is 1. The number of sulfonamides is 1. The fourth-order valence-electron chi connectivity index (χ4n) is 2.32. The summed E-state index contributed by atoms with van der Waals surface area (Å²) < 4.78 is 33.3. The van der Waals surface area contributed by atoms with Crippen LogP contribution in [0.4, 0.5) is 0 Å². The van der Waals surface area contributed by atoms with Gasteiger partial charge in [0.1, 0.15) is 0 Å². The van der Waals surface area contributed by atoms with Crippen LogP contribution in [0.5, 0.6) is 0 Å². The number of aryl methyl sites for hydroxylation is 1. The molecule has 0 saturated heterocycles. The highest BCUT2D eigenvalue weighted by Crippen LogP contribution is 2.22. The molecule has 1 atom stereocenters. The lowest BCUT2D eigenvalue weighted by Gasteiger charge is -2.19. The van der Waals surface area contributed by atoms with Crippen LogP contribution in [0.1, 0.15) is 29.2 Å². The van der Waals surface area contributed by atoms with Gasteiger partial charge >= 0.3 is 0 Å². The monoisotopic (exact) mass is 345 g/mol. The number of rotatable bonds is 7. The highest BCUT2D eigenvalue weighted by atomic mass is 32.2. The second-order valence-electron chi connectivity index (χ2n) is 5.33. The Morgan fingerprint density at radius 2 is 2.17 bits per heavy atom. The number of nitrogens with zero attached hydrogens (tertiary/aromatic N) is 2. The van der Waals surface area contributed by atoms with Crippen molar-refractivity contribution < 1.29 is 13.2 Å². The van der Waals surface area contributed by atoms with Gasteiger partial charge in [0.05, 0.1) is 22.6 Å². The third-order valence-corrected chi connectivity index (χ3v) is 5.22. The summed E-state index contributed by atoms with van der Waals surface area (Å²) in [6.07, 6.45) is 3.73. The molecule has 126 valence electrons. The maximum Gasteiger partial charge on any atom is 0.241 e. The van der Waals surface area contributed by atoms with Gasteiger partial charge in [-0.15, -0.1) is 0 Å². The van der Waals surface area contributed by atoms with E-state index in [2.05, 4.69) is 9.71 Å². The van der Waals surface area contributed by atoms with Gasteiger partial charge < -0.3 is 4.74 Å². The largest absolute Gasteiger partial charge is 0.385 e. The van der Waals surface area contributed by atoms with Crippen LogP contribution >= 0.6 is 0 Å². The molecule has 2 rings (SSSR count). The normalized spacial score (nSPS) is 12.5. The zero-order valence-electron chi connectivity index (χ0n) is 13.6. The lowest BCUT2D eigenvalue weighted by atomic mass is 10.1. The van der Waals surface area contributed by atoms with E-state index in [1.54, 1.807) is 44.6 Å². The Labute approximate surface area is 142 Å². The van der Waals surface area contributed by atoms with E-state index in [1.807, 2.05) is 12.1 Å². The number of nitriles is 1. The highest BCUT2D eigenvalue weighted by Gasteiger charge is 2.23. The molecule has 24 heavy (non-hydrogen) atoms. The first-order chi connectivity index (χ1) is 11.5. The molecule has 0 amide bonds. The summed E-state index contributed by atoms with van der Waals surface area (Å²) in [6.45, 7) is 2.10. The fourth-order valence-corrected chi connectivity index (χ4v) is 3.85. The van der Waals surface area contributed by atoms with Gasteiger partial charge in [0.25, 0.3) is 0 Å². The number of hydrogen-bond donors (Lipinski definition) is 1. The van der Waals surface area contributed by atoms with Crippen molar-refractivity contribution in [3.8, 4) is 6.07 Å². The number of methoxy groups -OCH3 is 1. The predicted octanol–water partition coefficient (Wildman–Crippen LogP) is 2.32. The molecule has 1 unspecified atom stereocenters. The zero-order chi connectivity index (χ0) is 17.6. The Bertz CT molecular complexity index is 830.